The Morgan fingerprint density at radius 3 is 1.32 bits per heavy atom. The topological polar surface area (TPSA) is 41.9 Å². The zero-order chi connectivity index (χ0) is 31.2. The molecular formula is C43H28N4. The van der Waals surface area contributed by atoms with E-state index in [4.69, 9.17) is 15.0 Å². The van der Waals surface area contributed by atoms with Crippen LogP contribution >= 0.6 is 0 Å². The van der Waals surface area contributed by atoms with Gasteiger partial charge in [0.1, 0.15) is 0 Å². The van der Waals surface area contributed by atoms with Crippen molar-refractivity contribution >= 4 is 28.1 Å². The highest BCUT2D eigenvalue weighted by atomic mass is 15.3. The van der Waals surface area contributed by atoms with Crippen LogP contribution in [0.3, 0.4) is 0 Å². The van der Waals surface area contributed by atoms with Crippen LogP contribution in [0.1, 0.15) is 0 Å². The highest BCUT2D eigenvalue weighted by molar-refractivity contribution is 6.12. The summed E-state index contributed by atoms with van der Waals surface area (Å²) in [5, 5.41) is 2.46. The molecule has 7 aromatic carbocycles. The van der Waals surface area contributed by atoms with Crippen molar-refractivity contribution in [2.45, 2.75) is 0 Å². The first-order chi connectivity index (χ1) is 23.3. The average Bonchev–Trinajstić information content (AvgIpc) is 3.15. The maximum atomic E-state index is 5.23. The molecule has 8 aromatic rings. The number of benzene rings is 7. The van der Waals surface area contributed by atoms with E-state index in [0.717, 1.165) is 39.2 Å². The Morgan fingerprint density at radius 1 is 0.319 bits per heavy atom. The fourth-order valence-corrected chi connectivity index (χ4v) is 6.68. The van der Waals surface area contributed by atoms with E-state index < -0.39 is 0 Å². The summed E-state index contributed by atoms with van der Waals surface area (Å²) in [6.45, 7) is 0. The molecule has 0 amide bonds. The van der Waals surface area contributed by atoms with Crippen LogP contribution < -0.4 is 4.90 Å². The van der Waals surface area contributed by atoms with Crippen molar-refractivity contribution in [3.63, 3.8) is 0 Å². The van der Waals surface area contributed by atoms with Gasteiger partial charge in [0.05, 0.1) is 11.4 Å². The minimum Gasteiger partial charge on any atom is -0.278 e. The van der Waals surface area contributed by atoms with Gasteiger partial charge < -0.3 is 0 Å². The minimum atomic E-state index is 0.562. The van der Waals surface area contributed by atoms with Crippen LogP contribution in [0.4, 0.5) is 17.3 Å². The van der Waals surface area contributed by atoms with Crippen molar-refractivity contribution in [1.29, 1.82) is 0 Å². The normalized spacial score (nSPS) is 11.8. The lowest BCUT2D eigenvalue weighted by Gasteiger charge is -2.31. The third kappa shape index (κ3) is 4.66. The van der Waals surface area contributed by atoms with Crippen molar-refractivity contribution in [3.05, 3.63) is 170 Å². The first-order valence-corrected chi connectivity index (χ1v) is 15.8. The Labute approximate surface area is 273 Å². The number of hydrogen-bond donors (Lipinski definition) is 0. The van der Waals surface area contributed by atoms with Crippen LogP contribution in [-0.4, -0.2) is 15.0 Å². The molecular weight excluding hydrogens is 573 g/mol. The van der Waals surface area contributed by atoms with Gasteiger partial charge in [0, 0.05) is 22.3 Å². The smallest absolute Gasteiger partial charge is 0.238 e. The van der Waals surface area contributed by atoms with E-state index in [1.807, 2.05) is 36.4 Å². The molecule has 0 N–H and O–H groups in total. The summed E-state index contributed by atoms with van der Waals surface area (Å²) >= 11 is 0. The summed E-state index contributed by atoms with van der Waals surface area (Å²) < 4.78 is 0. The Balaban J connectivity index is 1.30. The molecule has 0 saturated heterocycles. The second-order valence-corrected chi connectivity index (χ2v) is 11.7. The van der Waals surface area contributed by atoms with Crippen molar-refractivity contribution < 1.29 is 0 Å². The van der Waals surface area contributed by atoms with Crippen molar-refractivity contribution in [2.24, 2.45) is 0 Å². The van der Waals surface area contributed by atoms with Gasteiger partial charge in [-0.25, -0.2) is 4.98 Å². The van der Waals surface area contributed by atoms with Crippen LogP contribution in [-0.2, 0) is 0 Å². The second kappa shape index (κ2) is 11.2. The number of aromatic nitrogens is 3. The molecule has 0 radical (unpaired) electrons. The van der Waals surface area contributed by atoms with E-state index in [0.29, 0.717) is 17.6 Å². The van der Waals surface area contributed by atoms with Crippen molar-refractivity contribution in [2.75, 3.05) is 4.90 Å². The largest absolute Gasteiger partial charge is 0.278 e. The molecule has 47 heavy (non-hydrogen) atoms. The Hall–Kier alpha value is -6.39. The highest BCUT2D eigenvalue weighted by Gasteiger charge is 2.27. The lowest BCUT2D eigenvalue weighted by atomic mass is 9.88. The van der Waals surface area contributed by atoms with Gasteiger partial charge in [0.15, 0.2) is 11.6 Å². The molecule has 1 aromatic heterocycles. The van der Waals surface area contributed by atoms with E-state index in [1.54, 1.807) is 0 Å². The maximum Gasteiger partial charge on any atom is 0.238 e. The molecule has 1 aliphatic rings. The van der Waals surface area contributed by atoms with Gasteiger partial charge in [-0.05, 0) is 45.2 Å². The predicted octanol–water partition coefficient (Wildman–Crippen LogP) is 11.1. The molecule has 0 saturated carbocycles. The highest BCUT2D eigenvalue weighted by Crippen LogP contribution is 2.49. The van der Waals surface area contributed by atoms with E-state index in [1.165, 1.54) is 27.5 Å². The molecule has 2 heterocycles. The first kappa shape index (κ1) is 27.0. The monoisotopic (exact) mass is 600 g/mol. The van der Waals surface area contributed by atoms with Gasteiger partial charge in [-0.3, -0.25) is 4.90 Å². The number of rotatable bonds is 4. The van der Waals surface area contributed by atoms with Gasteiger partial charge >= 0.3 is 0 Å². The molecule has 4 nitrogen and oxygen atoms in total. The summed E-state index contributed by atoms with van der Waals surface area (Å²) in [4.78, 5) is 17.7. The third-order valence-corrected chi connectivity index (χ3v) is 8.88. The van der Waals surface area contributed by atoms with Crippen molar-refractivity contribution in [3.8, 4) is 56.2 Å². The summed E-state index contributed by atoms with van der Waals surface area (Å²) in [7, 11) is 0. The third-order valence-electron chi connectivity index (χ3n) is 8.88. The SMILES string of the molecule is c1ccc(-c2ccc(-c3nc(-c4ccccc4)nc(N4c5ccccc5-c5cccc6cccc(c56)-c5ccccc54)n3)cc2)cc1. The van der Waals surface area contributed by atoms with E-state index in [2.05, 4.69) is 138 Å². The molecule has 0 atom stereocenters. The number of hydrogen-bond acceptors (Lipinski definition) is 4. The number of nitrogens with zero attached hydrogens (tertiary/aromatic N) is 4. The molecule has 1 aliphatic heterocycles. The van der Waals surface area contributed by atoms with Crippen molar-refractivity contribution in [1.82, 2.24) is 15.0 Å². The molecule has 0 spiro atoms. The first-order valence-electron chi connectivity index (χ1n) is 15.8. The quantitative estimate of drug-likeness (QED) is 0.202. The standard InChI is InChI=1S/C43H28N4/c1-3-13-29(14-4-1)30-25-27-33(28-26-30)42-44-41(32-15-5-2-6-16-32)45-43(46-42)47-38-23-9-7-19-34(38)36-21-11-17-31-18-12-22-37(40(31)36)35-20-8-10-24-39(35)47/h1-28H. The zero-order valence-electron chi connectivity index (χ0n) is 25.5. The maximum absolute atomic E-state index is 5.23. The summed E-state index contributed by atoms with van der Waals surface area (Å²) in [5.74, 6) is 1.80. The lowest BCUT2D eigenvalue weighted by molar-refractivity contribution is 1.02. The van der Waals surface area contributed by atoms with Gasteiger partial charge in [-0.1, -0.05) is 158 Å². The number of para-hydroxylation sites is 2. The van der Waals surface area contributed by atoms with E-state index >= 15 is 0 Å². The van der Waals surface area contributed by atoms with Crippen LogP contribution in [0.25, 0.3) is 66.9 Å². The summed E-state index contributed by atoms with van der Waals surface area (Å²) in [6.07, 6.45) is 0. The van der Waals surface area contributed by atoms with Gasteiger partial charge in [-0.15, -0.1) is 0 Å². The van der Waals surface area contributed by atoms with Crippen LogP contribution in [0.2, 0.25) is 0 Å². The Bertz CT molecular complexity index is 2320. The molecule has 0 fully saturated rings. The predicted molar refractivity (Wildman–Crippen MR) is 193 cm³/mol. The second-order valence-electron chi connectivity index (χ2n) is 11.7. The molecule has 9 rings (SSSR count). The van der Waals surface area contributed by atoms with Gasteiger partial charge in [0.25, 0.3) is 0 Å². The summed E-state index contributed by atoms with van der Waals surface area (Å²) in [6, 6.07) is 59.3. The van der Waals surface area contributed by atoms with Crippen LogP contribution in [0.15, 0.2) is 170 Å². The fraction of sp³-hybridized carbons (Fsp3) is 0. The van der Waals surface area contributed by atoms with Crippen LogP contribution in [0, 0.1) is 0 Å². The molecule has 220 valence electrons. The average molecular weight is 601 g/mol. The van der Waals surface area contributed by atoms with E-state index in [-0.39, 0.29) is 0 Å². The molecule has 0 bridgehead atoms. The molecule has 0 aliphatic carbocycles. The van der Waals surface area contributed by atoms with Crippen LogP contribution in [0.5, 0.6) is 0 Å². The zero-order valence-corrected chi connectivity index (χ0v) is 25.5. The molecule has 4 heteroatoms. The fourth-order valence-electron chi connectivity index (χ4n) is 6.68. The lowest BCUT2D eigenvalue weighted by Crippen LogP contribution is -2.17. The minimum absolute atomic E-state index is 0.562. The molecule has 0 unspecified atom stereocenters. The Kier molecular flexibility index (Phi) is 6.43. The Morgan fingerprint density at radius 2 is 0.745 bits per heavy atom. The van der Waals surface area contributed by atoms with E-state index in [9.17, 15) is 0 Å². The number of fused-ring (bicyclic) bond motifs is 4. The number of anilines is 3. The summed E-state index contributed by atoms with van der Waals surface area (Å²) in [5.41, 5.74) is 10.8. The van der Waals surface area contributed by atoms with Gasteiger partial charge in [0.2, 0.25) is 5.95 Å². The van der Waals surface area contributed by atoms with Gasteiger partial charge in [-0.2, -0.15) is 9.97 Å².